The molecule has 1 unspecified atom stereocenters. The molecule has 2 heterocycles. The molecular formula is C18H19N3. The third kappa shape index (κ3) is 3.26. The molecule has 21 heavy (non-hydrogen) atoms. The second kappa shape index (κ2) is 6.02. The highest BCUT2D eigenvalue weighted by molar-refractivity contribution is 5.79. The minimum Gasteiger partial charge on any atom is -0.306 e. The summed E-state index contributed by atoms with van der Waals surface area (Å²) in [5.74, 6) is 0. The van der Waals surface area contributed by atoms with Gasteiger partial charge in [-0.15, -0.1) is 0 Å². The standard InChI is InChI=1S/C18H19N3/c1-13-5-7-16-10-15(6-8-18(16)21-13)11-20-14(2)17-4-3-9-19-12-17/h3-10,12,14,20H,11H2,1-2H3. The molecule has 0 saturated carbocycles. The van der Waals surface area contributed by atoms with Crippen LogP contribution in [0.4, 0.5) is 0 Å². The van der Waals surface area contributed by atoms with Crippen LogP contribution in [0.3, 0.4) is 0 Å². The Morgan fingerprint density at radius 2 is 2.05 bits per heavy atom. The lowest BCUT2D eigenvalue weighted by atomic mass is 10.1. The zero-order valence-corrected chi connectivity index (χ0v) is 12.4. The number of hydrogen-bond acceptors (Lipinski definition) is 3. The topological polar surface area (TPSA) is 37.8 Å². The van der Waals surface area contributed by atoms with Crippen molar-refractivity contribution in [1.82, 2.24) is 15.3 Å². The lowest BCUT2D eigenvalue weighted by Gasteiger charge is -2.14. The molecule has 0 aliphatic carbocycles. The Morgan fingerprint density at radius 1 is 1.14 bits per heavy atom. The van der Waals surface area contributed by atoms with Crippen LogP contribution in [0.15, 0.2) is 54.9 Å². The monoisotopic (exact) mass is 277 g/mol. The maximum absolute atomic E-state index is 4.53. The number of benzene rings is 1. The molecule has 0 bridgehead atoms. The van der Waals surface area contributed by atoms with Crippen molar-refractivity contribution in [3.8, 4) is 0 Å². The molecule has 0 aliphatic rings. The number of nitrogens with zero attached hydrogens (tertiary/aromatic N) is 2. The summed E-state index contributed by atoms with van der Waals surface area (Å²) in [6.45, 7) is 5.01. The van der Waals surface area contributed by atoms with Crippen LogP contribution in [0.5, 0.6) is 0 Å². The van der Waals surface area contributed by atoms with Gasteiger partial charge in [-0.1, -0.05) is 18.2 Å². The summed E-state index contributed by atoms with van der Waals surface area (Å²) in [6, 6.07) is 15.0. The number of pyridine rings is 2. The van der Waals surface area contributed by atoms with Crippen molar-refractivity contribution < 1.29 is 0 Å². The fourth-order valence-electron chi connectivity index (χ4n) is 2.41. The fourth-order valence-corrected chi connectivity index (χ4v) is 2.41. The van der Waals surface area contributed by atoms with Gasteiger partial charge in [-0.05, 0) is 49.2 Å². The van der Waals surface area contributed by atoms with E-state index in [1.54, 1.807) is 6.20 Å². The van der Waals surface area contributed by atoms with Gasteiger partial charge >= 0.3 is 0 Å². The molecule has 3 rings (SSSR count). The van der Waals surface area contributed by atoms with Gasteiger partial charge in [-0.3, -0.25) is 9.97 Å². The van der Waals surface area contributed by atoms with Crippen LogP contribution in [0.1, 0.15) is 29.8 Å². The molecule has 106 valence electrons. The van der Waals surface area contributed by atoms with Gasteiger partial charge in [0.05, 0.1) is 5.52 Å². The van der Waals surface area contributed by atoms with Crippen LogP contribution in [0, 0.1) is 6.92 Å². The van der Waals surface area contributed by atoms with E-state index in [0.717, 1.165) is 17.8 Å². The van der Waals surface area contributed by atoms with E-state index in [2.05, 4.69) is 58.6 Å². The van der Waals surface area contributed by atoms with Gasteiger partial charge in [0.1, 0.15) is 0 Å². The molecule has 3 heteroatoms. The second-order valence-corrected chi connectivity index (χ2v) is 5.37. The molecule has 0 radical (unpaired) electrons. The molecular weight excluding hydrogens is 258 g/mol. The molecule has 3 aromatic rings. The Kier molecular flexibility index (Phi) is 3.93. The summed E-state index contributed by atoms with van der Waals surface area (Å²) in [7, 11) is 0. The maximum atomic E-state index is 4.53. The first kappa shape index (κ1) is 13.7. The highest BCUT2D eigenvalue weighted by Gasteiger charge is 2.05. The maximum Gasteiger partial charge on any atom is 0.0705 e. The van der Waals surface area contributed by atoms with E-state index in [1.807, 2.05) is 19.2 Å². The molecule has 0 saturated heterocycles. The fraction of sp³-hybridized carbons (Fsp3) is 0.222. The molecule has 0 aliphatic heterocycles. The van der Waals surface area contributed by atoms with E-state index in [4.69, 9.17) is 0 Å². The van der Waals surface area contributed by atoms with Crippen LogP contribution in [-0.4, -0.2) is 9.97 Å². The van der Waals surface area contributed by atoms with Crippen LogP contribution in [0.25, 0.3) is 10.9 Å². The SMILES string of the molecule is Cc1ccc2cc(CNC(C)c3cccnc3)ccc2n1. The van der Waals surface area contributed by atoms with Crippen molar-refractivity contribution in [3.05, 3.63) is 71.7 Å². The van der Waals surface area contributed by atoms with E-state index >= 15 is 0 Å². The molecule has 0 amide bonds. The quantitative estimate of drug-likeness (QED) is 0.788. The Hall–Kier alpha value is -2.26. The highest BCUT2D eigenvalue weighted by Crippen LogP contribution is 2.16. The summed E-state index contributed by atoms with van der Waals surface area (Å²) in [5, 5.41) is 4.72. The predicted molar refractivity (Wildman–Crippen MR) is 86.0 cm³/mol. The normalized spacial score (nSPS) is 12.5. The lowest BCUT2D eigenvalue weighted by Crippen LogP contribution is -2.18. The first-order valence-electron chi connectivity index (χ1n) is 7.22. The highest BCUT2D eigenvalue weighted by atomic mass is 14.9. The van der Waals surface area contributed by atoms with Crippen molar-refractivity contribution in [2.75, 3.05) is 0 Å². The Bertz CT molecular complexity index is 738. The molecule has 1 aromatic carbocycles. The molecule has 1 atom stereocenters. The third-order valence-corrected chi connectivity index (χ3v) is 3.69. The molecule has 2 aromatic heterocycles. The number of fused-ring (bicyclic) bond motifs is 1. The van der Waals surface area contributed by atoms with E-state index < -0.39 is 0 Å². The van der Waals surface area contributed by atoms with Gasteiger partial charge in [0.25, 0.3) is 0 Å². The Balaban J connectivity index is 1.72. The number of aryl methyl sites for hydroxylation is 1. The van der Waals surface area contributed by atoms with Crippen LogP contribution in [-0.2, 0) is 6.54 Å². The molecule has 3 nitrogen and oxygen atoms in total. The zero-order chi connectivity index (χ0) is 14.7. The molecule has 1 N–H and O–H groups in total. The Morgan fingerprint density at radius 3 is 2.86 bits per heavy atom. The Labute approximate surface area is 125 Å². The number of hydrogen-bond donors (Lipinski definition) is 1. The summed E-state index contributed by atoms with van der Waals surface area (Å²) in [6.07, 6.45) is 3.71. The van der Waals surface area contributed by atoms with Crippen molar-refractivity contribution in [2.45, 2.75) is 26.4 Å². The number of nitrogens with one attached hydrogen (secondary N) is 1. The van der Waals surface area contributed by atoms with Gasteiger partial charge in [0.2, 0.25) is 0 Å². The smallest absolute Gasteiger partial charge is 0.0705 e. The summed E-state index contributed by atoms with van der Waals surface area (Å²) < 4.78 is 0. The predicted octanol–water partition coefficient (Wildman–Crippen LogP) is 3.79. The van der Waals surface area contributed by atoms with E-state index in [1.165, 1.54) is 16.5 Å². The van der Waals surface area contributed by atoms with Crippen molar-refractivity contribution in [2.24, 2.45) is 0 Å². The van der Waals surface area contributed by atoms with E-state index in [-0.39, 0.29) is 6.04 Å². The van der Waals surface area contributed by atoms with Gasteiger partial charge in [-0.25, -0.2) is 0 Å². The van der Waals surface area contributed by atoms with Crippen LogP contribution in [0.2, 0.25) is 0 Å². The minimum atomic E-state index is 0.283. The number of rotatable bonds is 4. The van der Waals surface area contributed by atoms with Crippen molar-refractivity contribution in [3.63, 3.8) is 0 Å². The number of aromatic nitrogens is 2. The van der Waals surface area contributed by atoms with Gasteiger partial charge in [-0.2, -0.15) is 0 Å². The van der Waals surface area contributed by atoms with Crippen LogP contribution < -0.4 is 5.32 Å². The van der Waals surface area contributed by atoms with Gasteiger partial charge in [0, 0.05) is 36.1 Å². The minimum absolute atomic E-state index is 0.283. The lowest BCUT2D eigenvalue weighted by molar-refractivity contribution is 0.573. The largest absolute Gasteiger partial charge is 0.306 e. The van der Waals surface area contributed by atoms with Gasteiger partial charge in [0.15, 0.2) is 0 Å². The summed E-state index contributed by atoms with van der Waals surface area (Å²) >= 11 is 0. The van der Waals surface area contributed by atoms with Crippen molar-refractivity contribution >= 4 is 10.9 Å². The third-order valence-electron chi connectivity index (χ3n) is 3.69. The average molecular weight is 277 g/mol. The summed E-state index contributed by atoms with van der Waals surface area (Å²) in [4.78, 5) is 8.69. The first-order chi connectivity index (χ1) is 10.2. The summed E-state index contributed by atoms with van der Waals surface area (Å²) in [5.41, 5.74) is 4.58. The van der Waals surface area contributed by atoms with Crippen LogP contribution >= 0.6 is 0 Å². The first-order valence-corrected chi connectivity index (χ1v) is 7.22. The van der Waals surface area contributed by atoms with Crippen molar-refractivity contribution in [1.29, 1.82) is 0 Å². The average Bonchev–Trinajstić information content (AvgIpc) is 2.53. The van der Waals surface area contributed by atoms with E-state index in [9.17, 15) is 0 Å². The molecule has 0 spiro atoms. The second-order valence-electron chi connectivity index (χ2n) is 5.37. The van der Waals surface area contributed by atoms with E-state index in [0.29, 0.717) is 0 Å². The van der Waals surface area contributed by atoms with Gasteiger partial charge < -0.3 is 5.32 Å². The molecule has 0 fully saturated rings. The zero-order valence-electron chi connectivity index (χ0n) is 12.4.